The van der Waals surface area contributed by atoms with Crippen molar-refractivity contribution in [2.45, 2.75) is 32.0 Å². The van der Waals surface area contributed by atoms with Gasteiger partial charge in [-0.25, -0.2) is 0 Å². The molecule has 2 aromatic rings. The van der Waals surface area contributed by atoms with Gasteiger partial charge in [-0.15, -0.1) is 10.2 Å². The van der Waals surface area contributed by atoms with E-state index in [2.05, 4.69) is 65.1 Å². The zero-order chi connectivity index (χ0) is 12.4. The molecule has 0 saturated heterocycles. The van der Waals surface area contributed by atoms with Gasteiger partial charge in [-0.2, -0.15) is 0 Å². The Morgan fingerprint density at radius 3 is 2.47 bits per heavy atom. The highest BCUT2D eigenvalue weighted by atomic mass is 79.9. The Morgan fingerprint density at radius 1 is 1.24 bits per heavy atom. The normalized spacial score (nSPS) is 12.7. The van der Waals surface area contributed by atoms with E-state index in [-0.39, 0.29) is 0 Å². The third-order valence-corrected chi connectivity index (χ3v) is 5.20. The van der Waals surface area contributed by atoms with Gasteiger partial charge in [0.15, 0.2) is 0 Å². The number of halogens is 1. The van der Waals surface area contributed by atoms with Crippen molar-refractivity contribution in [2.24, 2.45) is 0 Å². The second-order valence-electron chi connectivity index (χ2n) is 4.09. The Hall–Kier alpha value is -0.740. The first-order chi connectivity index (χ1) is 8.13. The standard InChI is InChI=1S/C13H15BrN2S/c1-4-10(14)12-15-16-13(17-12)11-8(2)6-5-7-9(11)3/h5-7,10H,4H2,1-3H3. The third-order valence-electron chi connectivity index (χ3n) is 2.76. The molecule has 1 atom stereocenters. The van der Waals surface area contributed by atoms with Gasteiger partial charge < -0.3 is 0 Å². The van der Waals surface area contributed by atoms with Crippen LogP contribution in [0.15, 0.2) is 18.2 Å². The number of benzene rings is 1. The molecule has 0 amide bonds. The van der Waals surface area contributed by atoms with E-state index in [1.54, 1.807) is 11.3 Å². The minimum Gasteiger partial charge on any atom is -0.142 e. The molecule has 0 aliphatic heterocycles. The van der Waals surface area contributed by atoms with Gasteiger partial charge >= 0.3 is 0 Å². The van der Waals surface area contributed by atoms with Gasteiger partial charge in [-0.05, 0) is 31.4 Å². The van der Waals surface area contributed by atoms with Crippen LogP contribution in [0.25, 0.3) is 10.6 Å². The van der Waals surface area contributed by atoms with Crippen molar-refractivity contribution in [2.75, 3.05) is 0 Å². The number of alkyl halides is 1. The lowest BCUT2D eigenvalue weighted by atomic mass is 10.0. The van der Waals surface area contributed by atoms with Crippen LogP contribution in [0.5, 0.6) is 0 Å². The third kappa shape index (κ3) is 2.58. The summed E-state index contributed by atoms with van der Waals surface area (Å²) in [6.45, 7) is 6.38. The van der Waals surface area contributed by atoms with E-state index in [9.17, 15) is 0 Å². The molecule has 0 N–H and O–H groups in total. The van der Waals surface area contributed by atoms with Crippen molar-refractivity contribution in [1.29, 1.82) is 0 Å². The van der Waals surface area contributed by atoms with Crippen LogP contribution in [0.3, 0.4) is 0 Å². The van der Waals surface area contributed by atoms with Crippen LogP contribution in [0.4, 0.5) is 0 Å². The molecule has 90 valence electrons. The van der Waals surface area contributed by atoms with E-state index in [0.29, 0.717) is 4.83 Å². The lowest BCUT2D eigenvalue weighted by Crippen LogP contribution is -1.86. The van der Waals surface area contributed by atoms with Crippen LogP contribution in [0.1, 0.15) is 34.3 Å². The number of hydrogen-bond acceptors (Lipinski definition) is 3. The average molecular weight is 311 g/mol. The van der Waals surface area contributed by atoms with Crippen LogP contribution in [0.2, 0.25) is 0 Å². The topological polar surface area (TPSA) is 25.8 Å². The molecule has 0 spiro atoms. The molecule has 0 aliphatic rings. The molecule has 1 heterocycles. The van der Waals surface area contributed by atoms with E-state index in [0.717, 1.165) is 16.4 Å². The Labute approximate surface area is 114 Å². The predicted molar refractivity (Wildman–Crippen MR) is 76.8 cm³/mol. The van der Waals surface area contributed by atoms with E-state index < -0.39 is 0 Å². The summed E-state index contributed by atoms with van der Waals surface area (Å²) in [6.07, 6.45) is 1.03. The molecule has 4 heteroatoms. The van der Waals surface area contributed by atoms with Gasteiger partial charge in [0, 0.05) is 5.56 Å². The zero-order valence-electron chi connectivity index (χ0n) is 10.2. The quantitative estimate of drug-likeness (QED) is 0.770. The van der Waals surface area contributed by atoms with Gasteiger partial charge in [-0.1, -0.05) is 52.4 Å². The highest BCUT2D eigenvalue weighted by Gasteiger charge is 2.15. The monoisotopic (exact) mass is 310 g/mol. The van der Waals surface area contributed by atoms with Gasteiger partial charge in [-0.3, -0.25) is 0 Å². The number of hydrogen-bond donors (Lipinski definition) is 0. The van der Waals surface area contributed by atoms with Crippen molar-refractivity contribution in [3.63, 3.8) is 0 Å². The van der Waals surface area contributed by atoms with E-state index in [1.165, 1.54) is 16.7 Å². The molecule has 1 aromatic carbocycles. The molecular weight excluding hydrogens is 296 g/mol. The Morgan fingerprint density at radius 2 is 1.88 bits per heavy atom. The highest BCUT2D eigenvalue weighted by molar-refractivity contribution is 9.09. The highest BCUT2D eigenvalue weighted by Crippen LogP contribution is 2.34. The van der Waals surface area contributed by atoms with E-state index in [4.69, 9.17) is 0 Å². The first kappa shape index (κ1) is 12.7. The van der Waals surface area contributed by atoms with Crippen LogP contribution in [-0.2, 0) is 0 Å². The maximum Gasteiger partial charge on any atom is 0.148 e. The molecular formula is C13H15BrN2S. The van der Waals surface area contributed by atoms with E-state index >= 15 is 0 Å². The maximum absolute atomic E-state index is 4.32. The van der Waals surface area contributed by atoms with Gasteiger partial charge in [0.05, 0.1) is 4.83 Å². The lowest BCUT2D eigenvalue weighted by Gasteiger charge is -2.05. The zero-order valence-corrected chi connectivity index (χ0v) is 12.6. The Bertz CT molecular complexity index is 502. The van der Waals surface area contributed by atoms with Gasteiger partial charge in [0.1, 0.15) is 10.0 Å². The van der Waals surface area contributed by atoms with Crippen molar-refractivity contribution < 1.29 is 0 Å². The largest absolute Gasteiger partial charge is 0.148 e. The fraction of sp³-hybridized carbons (Fsp3) is 0.385. The fourth-order valence-corrected chi connectivity index (χ4v) is 3.24. The summed E-state index contributed by atoms with van der Waals surface area (Å²) in [7, 11) is 0. The molecule has 17 heavy (non-hydrogen) atoms. The summed E-state index contributed by atoms with van der Waals surface area (Å²) in [5, 5.41) is 10.7. The molecule has 1 aromatic heterocycles. The summed E-state index contributed by atoms with van der Waals surface area (Å²) in [5.74, 6) is 0. The molecule has 0 radical (unpaired) electrons. The second kappa shape index (κ2) is 5.27. The Kier molecular flexibility index (Phi) is 3.94. The van der Waals surface area contributed by atoms with Gasteiger partial charge in [0.25, 0.3) is 0 Å². The summed E-state index contributed by atoms with van der Waals surface area (Å²) in [4.78, 5) is 0.318. The molecule has 1 unspecified atom stereocenters. The van der Waals surface area contributed by atoms with Crippen molar-refractivity contribution in [1.82, 2.24) is 10.2 Å². The van der Waals surface area contributed by atoms with Crippen LogP contribution >= 0.6 is 27.3 Å². The SMILES string of the molecule is CCC(Br)c1nnc(-c2c(C)cccc2C)s1. The van der Waals surface area contributed by atoms with Crippen molar-refractivity contribution >= 4 is 27.3 Å². The van der Waals surface area contributed by atoms with Crippen LogP contribution in [-0.4, -0.2) is 10.2 Å². The minimum atomic E-state index is 0.318. The number of nitrogens with zero attached hydrogens (tertiary/aromatic N) is 2. The molecule has 2 rings (SSSR count). The van der Waals surface area contributed by atoms with Gasteiger partial charge in [0.2, 0.25) is 0 Å². The summed E-state index contributed by atoms with van der Waals surface area (Å²) in [6, 6.07) is 6.32. The number of aryl methyl sites for hydroxylation is 2. The number of rotatable bonds is 3. The second-order valence-corrected chi connectivity index (χ2v) is 6.20. The molecule has 0 bridgehead atoms. The summed E-state index contributed by atoms with van der Waals surface area (Å²) >= 11 is 5.29. The summed E-state index contributed by atoms with van der Waals surface area (Å²) in [5.41, 5.74) is 3.75. The number of aromatic nitrogens is 2. The predicted octanol–water partition coefficient (Wildman–Crippen LogP) is 4.67. The molecule has 0 saturated carbocycles. The maximum atomic E-state index is 4.32. The average Bonchev–Trinajstić information content (AvgIpc) is 2.77. The van der Waals surface area contributed by atoms with Crippen molar-refractivity contribution in [3.05, 3.63) is 34.3 Å². The Balaban J connectivity index is 2.44. The van der Waals surface area contributed by atoms with Crippen LogP contribution < -0.4 is 0 Å². The smallest absolute Gasteiger partial charge is 0.142 e. The van der Waals surface area contributed by atoms with Crippen LogP contribution in [0, 0.1) is 13.8 Å². The van der Waals surface area contributed by atoms with Crippen molar-refractivity contribution in [3.8, 4) is 10.6 Å². The minimum absolute atomic E-state index is 0.318. The summed E-state index contributed by atoms with van der Waals surface area (Å²) < 4.78 is 0. The molecule has 0 fully saturated rings. The first-order valence-electron chi connectivity index (χ1n) is 5.67. The molecule has 2 nitrogen and oxygen atoms in total. The lowest BCUT2D eigenvalue weighted by molar-refractivity contribution is 0.870. The fourth-order valence-electron chi connectivity index (χ4n) is 1.79. The molecule has 0 aliphatic carbocycles. The van der Waals surface area contributed by atoms with E-state index in [1.807, 2.05) is 0 Å². The first-order valence-corrected chi connectivity index (χ1v) is 7.40.